The molecule has 0 radical (unpaired) electrons. The Morgan fingerprint density at radius 3 is 2.43 bits per heavy atom. The second-order valence-electron chi connectivity index (χ2n) is 7.70. The van der Waals surface area contributed by atoms with Gasteiger partial charge < -0.3 is 4.74 Å². The Kier molecular flexibility index (Phi) is 5.65. The molecule has 5 aromatic rings. The molecule has 0 fully saturated rings. The minimum atomic E-state index is -3.85. The first-order valence-corrected chi connectivity index (χ1v) is 11.9. The lowest BCUT2D eigenvalue weighted by Gasteiger charge is -2.15. The van der Waals surface area contributed by atoms with Gasteiger partial charge >= 0.3 is 0 Å². The maximum Gasteiger partial charge on any atom is 0.261 e. The number of sulfonamides is 1. The van der Waals surface area contributed by atoms with Crippen LogP contribution in [0.1, 0.15) is 5.82 Å². The molecule has 0 aliphatic rings. The first-order chi connectivity index (χ1) is 16.8. The van der Waals surface area contributed by atoms with Gasteiger partial charge in [0.15, 0.2) is 17.2 Å². The summed E-state index contributed by atoms with van der Waals surface area (Å²) in [6.45, 7) is 1.79. The third-order valence-corrected chi connectivity index (χ3v) is 6.68. The molecule has 0 spiro atoms. The summed E-state index contributed by atoms with van der Waals surface area (Å²) in [5, 5.41) is 8.11. The predicted molar refractivity (Wildman–Crippen MR) is 127 cm³/mol. The SMILES string of the molecule is Cc1nnc2ccc(-c3cc(NS(=O)(=O)c4ccccc4)ccc3Oc3ccc(F)cc3F)cn12. The number of aromatic nitrogens is 3. The Labute approximate surface area is 199 Å². The number of pyridine rings is 1. The van der Waals surface area contributed by atoms with Gasteiger partial charge in [-0.2, -0.15) is 0 Å². The predicted octanol–water partition coefficient (Wildman–Crippen LogP) is 5.58. The number of anilines is 1. The summed E-state index contributed by atoms with van der Waals surface area (Å²) in [5.74, 6) is -0.880. The van der Waals surface area contributed by atoms with Crippen LogP contribution in [0.2, 0.25) is 0 Å². The summed E-state index contributed by atoms with van der Waals surface area (Å²) >= 11 is 0. The van der Waals surface area contributed by atoms with Crippen LogP contribution in [0.3, 0.4) is 0 Å². The number of benzene rings is 3. The van der Waals surface area contributed by atoms with E-state index in [0.717, 1.165) is 12.1 Å². The van der Waals surface area contributed by atoms with Gasteiger partial charge in [0.05, 0.1) is 4.90 Å². The van der Waals surface area contributed by atoms with Crippen LogP contribution in [0.15, 0.2) is 90.0 Å². The molecule has 0 amide bonds. The number of halogens is 2. The van der Waals surface area contributed by atoms with Crippen LogP contribution < -0.4 is 9.46 Å². The first-order valence-electron chi connectivity index (χ1n) is 10.5. The minimum absolute atomic E-state index is 0.108. The number of nitrogens with zero attached hydrogens (tertiary/aromatic N) is 3. The molecule has 0 saturated carbocycles. The quantitative estimate of drug-likeness (QED) is 0.335. The summed E-state index contributed by atoms with van der Waals surface area (Å²) in [6.07, 6.45) is 1.77. The molecular formula is C25H18F2N4O3S. The Bertz CT molecular complexity index is 1650. The second-order valence-corrected chi connectivity index (χ2v) is 9.38. The Morgan fingerprint density at radius 1 is 0.886 bits per heavy atom. The number of aryl methyl sites for hydroxylation is 1. The standard InChI is InChI=1S/C25H18F2N4O3S/c1-16-28-29-25-12-7-17(15-31(16)25)21-14-19(30-35(32,33)20-5-3-2-4-6-20)9-11-23(21)34-24-10-8-18(26)13-22(24)27/h2-15,30H,1H3. The molecule has 0 unspecified atom stereocenters. The second kappa shape index (κ2) is 8.80. The van der Waals surface area contributed by atoms with E-state index in [-0.39, 0.29) is 22.1 Å². The molecule has 0 atom stereocenters. The average molecular weight is 493 g/mol. The van der Waals surface area contributed by atoms with E-state index in [4.69, 9.17) is 4.74 Å². The molecular weight excluding hydrogens is 474 g/mol. The molecule has 0 aliphatic carbocycles. The number of hydrogen-bond acceptors (Lipinski definition) is 5. The van der Waals surface area contributed by atoms with Gasteiger partial charge in [-0.25, -0.2) is 17.2 Å². The molecule has 3 aromatic carbocycles. The molecule has 0 saturated heterocycles. The Morgan fingerprint density at radius 2 is 1.66 bits per heavy atom. The van der Waals surface area contributed by atoms with Gasteiger partial charge in [0, 0.05) is 29.1 Å². The summed E-state index contributed by atoms with van der Waals surface area (Å²) in [4.78, 5) is 0.108. The van der Waals surface area contributed by atoms with Gasteiger partial charge in [-0.05, 0) is 61.5 Å². The highest BCUT2D eigenvalue weighted by Crippen LogP contribution is 2.37. The third kappa shape index (κ3) is 4.56. The fraction of sp³-hybridized carbons (Fsp3) is 0.0400. The van der Waals surface area contributed by atoms with E-state index in [1.807, 2.05) is 0 Å². The number of hydrogen-bond donors (Lipinski definition) is 1. The Hall–Kier alpha value is -4.31. The molecule has 1 N–H and O–H groups in total. The first kappa shape index (κ1) is 22.5. The molecule has 10 heteroatoms. The zero-order chi connectivity index (χ0) is 24.6. The normalized spacial score (nSPS) is 11.5. The van der Waals surface area contributed by atoms with E-state index >= 15 is 0 Å². The van der Waals surface area contributed by atoms with Crippen molar-refractivity contribution in [2.24, 2.45) is 0 Å². The van der Waals surface area contributed by atoms with Crippen LogP contribution in [0.4, 0.5) is 14.5 Å². The molecule has 0 bridgehead atoms. The lowest BCUT2D eigenvalue weighted by atomic mass is 10.1. The zero-order valence-electron chi connectivity index (χ0n) is 18.3. The molecule has 2 heterocycles. The molecule has 35 heavy (non-hydrogen) atoms. The van der Waals surface area contributed by atoms with Crippen LogP contribution >= 0.6 is 0 Å². The number of rotatable bonds is 6. The van der Waals surface area contributed by atoms with E-state index in [1.54, 1.807) is 53.9 Å². The largest absolute Gasteiger partial charge is 0.454 e. The van der Waals surface area contributed by atoms with Gasteiger partial charge in [0.25, 0.3) is 10.0 Å². The van der Waals surface area contributed by atoms with E-state index in [1.165, 1.54) is 30.3 Å². The number of nitrogens with one attached hydrogen (secondary N) is 1. The van der Waals surface area contributed by atoms with Crippen molar-refractivity contribution in [2.45, 2.75) is 11.8 Å². The van der Waals surface area contributed by atoms with Crippen LogP contribution in [0.5, 0.6) is 11.5 Å². The third-order valence-electron chi connectivity index (χ3n) is 5.28. The molecule has 2 aromatic heterocycles. The maximum absolute atomic E-state index is 14.3. The molecule has 176 valence electrons. The Balaban J connectivity index is 1.60. The van der Waals surface area contributed by atoms with Gasteiger partial charge in [0.1, 0.15) is 17.4 Å². The van der Waals surface area contributed by atoms with Crippen LogP contribution in [0, 0.1) is 18.6 Å². The average Bonchev–Trinajstić information content (AvgIpc) is 3.22. The van der Waals surface area contributed by atoms with Crippen molar-refractivity contribution in [3.05, 3.63) is 103 Å². The lowest BCUT2D eigenvalue weighted by molar-refractivity contribution is 0.439. The summed E-state index contributed by atoms with van der Waals surface area (Å²) in [5.41, 5.74) is 2.01. The van der Waals surface area contributed by atoms with E-state index in [0.29, 0.717) is 22.6 Å². The van der Waals surface area contributed by atoms with Crippen LogP contribution in [-0.2, 0) is 10.0 Å². The summed E-state index contributed by atoms with van der Waals surface area (Å²) in [6, 6.07) is 19.1. The van der Waals surface area contributed by atoms with E-state index < -0.39 is 21.7 Å². The highest BCUT2D eigenvalue weighted by atomic mass is 32.2. The number of ether oxygens (including phenoxy) is 1. The summed E-state index contributed by atoms with van der Waals surface area (Å²) in [7, 11) is -3.85. The highest BCUT2D eigenvalue weighted by Gasteiger charge is 2.17. The van der Waals surface area contributed by atoms with Crippen molar-refractivity contribution in [3.8, 4) is 22.6 Å². The molecule has 7 nitrogen and oxygen atoms in total. The topological polar surface area (TPSA) is 85.6 Å². The van der Waals surface area contributed by atoms with Gasteiger partial charge in [0.2, 0.25) is 0 Å². The molecule has 0 aliphatic heterocycles. The monoisotopic (exact) mass is 492 g/mol. The summed E-state index contributed by atoms with van der Waals surface area (Å²) < 4.78 is 63.4. The van der Waals surface area contributed by atoms with Gasteiger partial charge in [-0.15, -0.1) is 10.2 Å². The zero-order valence-corrected chi connectivity index (χ0v) is 19.1. The van der Waals surface area contributed by atoms with Crippen molar-refractivity contribution < 1.29 is 21.9 Å². The van der Waals surface area contributed by atoms with Crippen molar-refractivity contribution in [1.82, 2.24) is 14.6 Å². The van der Waals surface area contributed by atoms with E-state index in [9.17, 15) is 17.2 Å². The van der Waals surface area contributed by atoms with Gasteiger partial charge in [-0.1, -0.05) is 18.2 Å². The highest BCUT2D eigenvalue weighted by molar-refractivity contribution is 7.92. The molecule has 5 rings (SSSR count). The fourth-order valence-electron chi connectivity index (χ4n) is 3.56. The van der Waals surface area contributed by atoms with Crippen molar-refractivity contribution in [1.29, 1.82) is 0 Å². The van der Waals surface area contributed by atoms with Crippen molar-refractivity contribution >= 4 is 21.4 Å². The van der Waals surface area contributed by atoms with Crippen molar-refractivity contribution in [3.63, 3.8) is 0 Å². The minimum Gasteiger partial charge on any atom is -0.454 e. The van der Waals surface area contributed by atoms with E-state index in [2.05, 4.69) is 14.9 Å². The van der Waals surface area contributed by atoms with Gasteiger partial charge in [-0.3, -0.25) is 9.12 Å². The van der Waals surface area contributed by atoms with Crippen LogP contribution in [-0.4, -0.2) is 23.0 Å². The number of fused-ring (bicyclic) bond motifs is 1. The smallest absolute Gasteiger partial charge is 0.261 e. The fourth-order valence-corrected chi connectivity index (χ4v) is 4.63. The van der Waals surface area contributed by atoms with Crippen LogP contribution in [0.25, 0.3) is 16.8 Å². The van der Waals surface area contributed by atoms with Crippen molar-refractivity contribution in [2.75, 3.05) is 4.72 Å². The maximum atomic E-state index is 14.3. The lowest BCUT2D eigenvalue weighted by Crippen LogP contribution is -2.12.